The Balaban J connectivity index is 3.05. The Morgan fingerprint density at radius 2 is 2.11 bits per heavy atom. The first-order chi connectivity index (χ1) is 8.89. The van der Waals surface area contributed by atoms with E-state index < -0.39 is 21.5 Å². The van der Waals surface area contributed by atoms with Crippen LogP contribution in [0.15, 0.2) is 30.3 Å². The van der Waals surface area contributed by atoms with Gasteiger partial charge in [0.1, 0.15) is 6.04 Å². The van der Waals surface area contributed by atoms with Crippen molar-refractivity contribution in [2.75, 3.05) is 6.61 Å². The minimum atomic E-state index is -1.53. The van der Waals surface area contributed by atoms with Gasteiger partial charge >= 0.3 is 6.09 Å². The van der Waals surface area contributed by atoms with Crippen molar-refractivity contribution in [2.24, 2.45) is 0 Å². The summed E-state index contributed by atoms with van der Waals surface area (Å²) < 4.78 is 3.25. The summed E-state index contributed by atoms with van der Waals surface area (Å²) in [6.07, 6.45) is -0.691. The van der Waals surface area contributed by atoms with Gasteiger partial charge in [0.25, 0.3) is 4.45 Å². The van der Waals surface area contributed by atoms with Gasteiger partial charge in [0.15, 0.2) is 0 Å². The summed E-state index contributed by atoms with van der Waals surface area (Å²) in [7, 11) is 0. The summed E-state index contributed by atoms with van der Waals surface area (Å²) in [4.78, 5) is 22.2. The minimum absolute atomic E-state index is 0.199. The van der Waals surface area contributed by atoms with Gasteiger partial charge in [0.2, 0.25) is 0 Å². The van der Waals surface area contributed by atoms with E-state index >= 15 is 0 Å². The summed E-state index contributed by atoms with van der Waals surface area (Å²) in [6, 6.07) is 7.86. The summed E-state index contributed by atoms with van der Waals surface area (Å²) in [6.45, 7) is 3.25. The van der Waals surface area contributed by atoms with E-state index in [-0.39, 0.29) is 6.61 Å². The van der Waals surface area contributed by atoms with Crippen molar-refractivity contribution in [3.63, 3.8) is 0 Å². The quantitative estimate of drug-likeness (QED) is 0.389. The van der Waals surface area contributed by atoms with E-state index in [1.54, 1.807) is 37.3 Å². The molecule has 0 unspecified atom stereocenters. The molecule has 7 heteroatoms. The standard InChI is InChI=1S/C12H15BrN2O4/c1-3-19-11(16)14-10(12(2,13)15(17)18)9-7-5-4-6-8-9/h4-8,10H,3H2,1-2H3,(H,14,16)/t10-,12+/m1/s1. The molecule has 1 amide bonds. The van der Waals surface area contributed by atoms with Crippen molar-refractivity contribution >= 4 is 22.0 Å². The SMILES string of the molecule is CCOC(=O)N[C@H](c1ccccc1)[C@@](C)(Br)[N+](=O)[O-]. The largest absolute Gasteiger partial charge is 0.450 e. The van der Waals surface area contributed by atoms with Crippen LogP contribution in [-0.4, -0.2) is 22.1 Å². The fraction of sp³-hybridized carbons (Fsp3) is 0.417. The Kier molecular flexibility index (Phi) is 5.29. The highest BCUT2D eigenvalue weighted by Gasteiger charge is 2.45. The number of carbonyl (C=O) groups is 1. The van der Waals surface area contributed by atoms with Crippen molar-refractivity contribution in [1.82, 2.24) is 5.32 Å². The first kappa shape index (κ1) is 15.4. The van der Waals surface area contributed by atoms with Gasteiger partial charge in [0, 0.05) is 27.8 Å². The van der Waals surface area contributed by atoms with Crippen molar-refractivity contribution in [2.45, 2.75) is 24.3 Å². The Hall–Kier alpha value is -1.63. The lowest BCUT2D eigenvalue weighted by atomic mass is 10.0. The molecule has 0 saturated heterocycles. The molecule has 0 fully saturated rings. The van der Waals surface area contributed by atoms with E-state index in [1.165, 1.54) is 6.92 Å². The normalized spacial score (nSPS) is 15.1. The van der Waals surface area contributed by atoms with Crippen LogP contribution in [0.5, 0.6) is 0 Å². The Bertz CT molecular complexity index is 450. The molecule has 1 rings (SSSR count). The maximum Gasteiger partial charge on any atom is 0.407 e. The van der Waals surface area contributed by atoms with E-state index in [9.17, 15) is 14.9 Å². The number of hydrogen-bond acceptors (Lipinski definition) is 4. The summed E-state index contributed by atoms with van der Waals surface area (Å²) in [5.74, 6) is 0. The number of alkyl halides is 1. The molecule has 0 spiro atoms. The average molecular weight is 331 g/mol. The molecule has 0 saturated carbocycles. The molecule has 0 bridgehead atoms. The third-order valence-electron chi connectivity index (χ3n) is 2.55. The number of rotatable bonds is 5. The van der Waals surface area contributed by atoms with E-state index in [2.05, 4.69) is 21.2 Å². The highest BCUT2D eigenvalue weighted by Crippen LogP contribution is 2.34. The second-order valence-electron chi connectivity index (χ2n) is 3.99. The summed E-state index contributed by atoms with van der Waals surface area (Å²) in [5, 5.41) is 13.6. The van der Waals surface area contributed by atoms with Crippen LogP contribution in [0.4, 0.5) is 4.79 Å². The number of ether oxygens (including phenoxy) is 1. The predicted octanol–water partition coefficient (Wildman–Crippen LogP) is 2.86. The van der Waals surface area contributed by atoms with Crippen LogP contribution in [0.25, 0.3) is 0 Å². The molecule has 6 nitrogen and oxygen atoms in total. The molecule has 104 valence electrons. The third-order valence-corrected chi connectivity index (χ3v) is 3.30. The molecule has 0 aliphatic rings. The van der Waals surface area contributed by atoms with Crippen LogP contribution in [-0.2, 0) is 4.74 Å². The number of nitro groups is 1. The van der Waals surface area contributed by atoms with Gasteiger partial charge in [-0.15, -0.1) is 0 Å². The topological polar surface area (TPSA) is 81.5 Å². The van der Waals surface area contributed by atoms with Crippen LogP contribution in [0.3, 0.4) is 0 Å². The van der Waals surface area contributed by atoms with Gasteiger partial charge in [-0.2, -0.15) is 0 Å². The number of hydrogen-bond donors (Lipinski definition) is 1. The monoisotopic (exact) mass is 330 g/mol. The smallest absolute Gasteiger partial charge is 0.407 e. The molecular weight excluding hydrogens is 316 g/mol. The lowest BCUT2D eigenvalue weighted by Crippen LogP contribution is -2.45. The average Bonchev–Trinajstić information content (AvgIpc) is 2.37. The molecule has 0 aromatic heterocycles. The van der Waals surface area contributed by atoms with Crippen LogP contribution in [0.1, 0.15) is 25.5 Å². The maximum absolute atomic E-state index is 11.5. The second kappa shape index (κ2) is 6.51. The first-order valence-electron chi connectivity index (χ1n) is 5.71. The zero-order chi connectivity index (χ0) is 14.5. The Labute approximate surface area is 119 Å². The van der Waals surface area contributed by atoms with Crippen molar-refractivity contribution in [3.8, 4) is 0 Å². The molecular formula is C12H15BrN2O4. The lowest BCUT2D eigenvalue weighted by molar-refractivity contribution is -0.536. The van der Waals surface area contributed by atoms with Crippen LogP contribution in [0.2, 0.25) is 0 Å². The molecule has 0 radical (unpaired) electrons. The number of nitrogens with zero attached hydrogens (tertiary/aromatic N) is 1. The Morgan fingerprint density at radius 1 is 1.53 bits per heavy atom. The van der Waals surface area contributed by atoms with Gasteiger partial charge < -0.3 is 10.1 Å². The fourth-order valence-corrected chi connectivity index (χ4v) is 1.94. The number of benzene rings is 1. The van der Waals surface area contributed by atoms with Gasteiger partial charge in [-0.1, -0.05) is 30.3 Å². The third kappa shape index (κ3) is 3.92. The van der Waals surface area contributed by atoms with E-state index in [4.69, 9.17) is 4.74 Å². The second-order valence-corrected chi connectivity index (χ2v) is 5.60. The molecule has 0 aliphatic carbocycles. The predicted molar refractivity (Wildman–Crippen MR) is 73.7 cm³/mol. The van der Waals surface area contributed by atoms with Gasteiger partial charge in [-0.3, -0.25) is 10.1 Å². The van der Waals surface area contributed by atoms with E-state index in [0.717, 1.165) is 0 Å². The molecule has 0 aliphatic heterocycles. The zero-order valence-corrected chi connectivity index (χ0v) is 12.2. The van der Waals surface area contributed by atoms with Crippen LogP contribution >= 0.6 is 15.9 Å². The molecule has 2 atom stereocenters. The highest BCUT2D eigenvalue weighted by molar-refractivity contribution is 9.10. The molecule has 1 aromatic rings. The zero-order valence-electron chi connectivity index (χ0n) is 10.6. The lowest BCUT2D eigenvalue weighted by Gasteiger charge is -2.26. The molecule has 19 heavy (non-hydrogen) atoms. The van der Waals surface area contributed by atoms with Crippen LogP contribution in [0, 0.1) is 10.1 Å². The number of halogens is 1. The highest BCUT2D eigenvalue weighted by atomic mass is 79.9. The minimum Gasteiger partial charge on any atom is -0.450 e. The number of carbonyl (C=O) groups excluding carboxylic acids is 1. The van der Waals surface area contributed by atoms with Crippen molar-refractivity contribution < 1.29 is 14.5 Å². The fourth-order valence-electron chi connectivity index (χ4n) is 1.56. The Morgan fingerprint density at radius 3 is 2.58 bits per heavy atom. The summed E-state index contributed by atoms with van der Waals surface area (Å²) >= 11 is 3.06. The first-order valence-corrected chi connectivity index (χ1v) is 6.50. The van der Waals surface area contributed by atoms with Gasteiger partial charge in [-0.05, 0) is 12.5 Å². The maximum atomic E-state index is 11.5. The van der Waals surface area contributed by atoms with Crippen molar-refractivity contribution in [3.05, 3.63) is 46.0 Å². The number of alkyl carbamates (subject to hydrolysis) is 1. The molecule has 1 aromatic carbocycles. The summed E-state index contributed by atoms with van der Waals surface area (Å²) in [5.41, 5.74) is 0.617. The molecule has 1 N–H and O–H groups in total. The van der Waals surface area contributed by atoms with Gasteiger partial charge in [-0.25, -0.2) is 4.79 Å². The number of nitrogens with one attached hydrogen (secondary N) is 1. The van der Waals surface area contributed by atoms with E-state index in [0.29, 0.717) is 5.56 Å². The van der Waals surface area contributed by atoms with Gasteiger partial charge in [0.05, 0.1) is 6.61 Å². The van der Waals surface area contributed by atoms with Crippen LogP contribution < -0.4 is 5.32 Å². The van der Waals surface area contributed by atoms with Crippen molar-refractivity contribution in [1.29, 1.82) is 0 Å². The molecule has 0 heterocycles. The number of amides is 1. The van der Waals surface area contributed by atoms with E-state index in [1.807, 2.05) is 0 Å².